The maximum Gasteiger partial charge on any atom is 0.191 e. The number of anilines is 1. The largest absolute Gasteiger partial charge is 0.370 e. The molecular weight excluding hydrogens is 435 g/mol. The van der Waals surface area contributed by atoms with Gasteiger partial charge in [0.15, 0.2) is 11.1 Å². The Bertz CT molecular complexity index is 539. The second kappa shape index (κ2) is 8.18. The molecule has 24 heavy (non-hydrogen) atoms. The van der Waals surface area contributed by atoms with Crippen LogP contribution >= 0.6 is 35.3 Å². The molecule has 0 amide bonds. The summed E-state index contributed by atoms with van der Waals surface area (Å²) in [5.74, 6) is 1.43. The zero-order chi connectivity index (χ0) is 15.6. The van der Waals surface area contributed by atoms with Gasteiger partial charge in [0.1, 0.15) is 0 Å². The summed E-state index contributed by atoms with van der Waals surface area (Å²) in [5.41, 5.74) is 6.23. The highest BCUT2D eigenvalue weighted by molar-refractivity contribution is 14.0. The van der Waals surface area contributed by atoms with Crippen LogP contribution in [0.2, 0.25) is 0 Å². The number of hydrogen-bond donors (Lipinski definition) is 1. The zero-order valence-electron chi connectivity index (χ0n) is 14.0. The fourth-order valence-electron chi connectivity index (χ4n) is 3.60. The van der Waals surface area contributed by atoms with Gasteiger partial charge in [0.25, 0.3) is 0 Å². The van der Waals surface area contributed by atoms with E-state index in [1.807, 2.05) is 11.6 Å². The van der Waals surface area contributed by atoms with Crippen molar-refractivity contribution in [2.45, 2.75) is 25.3 Å². The number of aliphatic imine (C=N–C) groups is 1. The minimum Gasteiger partial charge on any atom is -0.370 e. The van der Waals surface area contributed by atoms with E-state index < -0.39 is 0 Å². The number of nitrogens with two attached hydrogens (primary N) is 1. The predicted molar refractivity (Wildman–Crippen MR) is 111 cm³/mol. The lowest BCUT2D eigenvalue weighted by Crippen LogP contribution is -2.51. The van der Waals surface area contributed by atoms with E-state index in [9.17, 15) is 0 Å². The zero-order valence-corrected chi connectivity index (χ0v) is 17.2. The number of thiazole rings is 1. The Hall–Kier alpha value is -0.610. The summed E-state index contributed by atoms with van der Waals surface area (Å²) in [6.07, 6.45) is 5.96. The second-order valence-electron chi connectivity index (χ2n) is 6.87. The lowest BCUT2D eigenvalue weighted by Gasteiger charge is -2.35. The van der Waals surface area contributed by atoms with E-state index in [0.29, 0.717) is 5.92 Å². The normalized spacial score (nSPS) is 25.8. The van der Waals surface area contributed by atoms with Crippen molar-refractivity contribution >= 4 is 46.4 Å². The van der Waals surface area contributed by atoms with Crippen LogP contribution in [0.1, 0.15) is 19.3 Å². The maximum absolute atomic E-state index is 6.23. The highest BCUT2D eigenvalue weighted by Gasteiger charge is 2.34. The van der Waals surface area contributed by atoms with Gasteiger partial charge in [0, 0.05) is 56.9 Å². The van der Waals surface area contributed by atoms with Crippen molar-refractivity contribution in [2.24, 2.45) is 16.6 Å². The van der Waals surface area contributed by atoms with E-state index >= 15 is 0 Å². The van der Waals surface area contributed by atoms with Gasteiger partial charge in [-0.3, -0.25) is 4.99 Å². The third-order valence-corrected chi connectivity index (χ3v) is 6.02. The summed E-state index contributed by atoms with van der Waals surface area (Å²) in [5, 5.41) is 3.15. The minimum atomic E-state index is 0. The molecule has 2 N–H and O–H groups in total. The number of likely N-dealkylation sites (tertiary alicyclic amines) is 1. The first kappa shape index (κ1) is 18.2. The molecule has 4 rings (SSSR count). The van der Waals surface area contributed by atoms with Crippen LogP contribution in [0.5, 0.6) is 0 Å². The van der Waals surface area contributed by atoms with Crippen LogP contribution in [0.3, 0.4) is 0 Å². The summed E-state index contributed by atoms with van der Waals surface area (Å²) in [6.45, 7) is 7.20. The van der Waals surface area contributed by atoms with Gasteiger partial charge in [-0.2, -0.15) is 0 Å². The van der Waals surface area contributed by atoms with Crippen LogP contribution in [0.15, 0.2) is 16.6 Å². The van der Waals surface area contributed by atoms with Gasteiger partial charge in [-0.1, -0.05) is 0 Å². The molecule has 2 aliphatic heterocycles. The van der Waals surface area contributed by atoms with Gasteiger partial charge in [-0.25, -0.2) is 4.98 Å². The molecule has 1 atom stereocenters. The van der Waals surface area contributed by atoms with E-state index in [2.05, 4.69) is 19.7 Å². The van der Waals surface area contributed by atoms with E-state index in [1.54, 1.807) is 11.3 Å². The molecule has 0 radical (unpaired) electrons. The van der Waals surface area contributed by atoms with Gasteiger partial charge in [-0.05, 0) is 31.7 Å². The van der Waals surface area contributed by atoms with Crippen molar-refractivity contribution < 1.29 is 0 Å². The lowest BCUT2D eigenvalue weighted by molar-refractivity contribution is 0.315. The summed E-state index contributed by atoms with van der Waals surface area (Å²) in [7, 11) is 0. The SMILES string of the molecule is I.NC(=NCC1CCN(C2CC2)C1)N1CCN(c2nccs2)CC1. The van der Waals surface area contributed by atoms with E-state index in [-0.39, 0.29) is 24.0 Å². The Kier molecular flexibility index (Phi) is 6.20. The first-order valence-electron chi connectivity index (χ1n) is 8.73. The third kappa shape index (κ3) is 4.32. The topological polar surface area (TPSA) is 61.0 Å². The second-order valence-corrected chi connectivity index (χ2v) is 7.74. The molecule has 1 saturated carbocycles. The molecule has 3 fully saturated rings. The van der Waals surface area contributed by atoms with E-state index in [4.69, 9.17) is 10.7 Å². The summed E-state index contributed by atoms with van der Waals surface area (Å²) >= 11 is 1.70. The van der Waals surface area contributed by atoms with Crippen molar-refractivity contribution in [2.75, 3.05) is 50.7 Å². The maximum atomic E-state index is 6.23. The highest BCUT2D eigenvalue weighted by atomic mass is 127. The van der Waals surface area contributed by atoms with Crippen LogP contribution in [0, 0.1) is 5.92 Å². The highest BCUT2D eigenvalue weighted by Crippen LogP contribution is 2.31. The molecule has 0 bridgehead atoms. The number of aromatic nitrogens is 1. The van der Waals surface area contributed by atoms with Crippen molar-refractivity contribution in [1.29, 1.82) is 0 Å². The number of nitrogens with zero attached hydrogens (tertiary/aromatic N) is 5. The average Bonchev–Trinajstić information content (AvgIpc) is 3.11. The molecule has 134 valence electrons. The van der Waals surface area contributed by atoms with Crippen molar-refractivity contribution in [3.05, 3.63) is 11.6 Å². The lowest BCUT2D eigenvalue weighted by atomic mass is 10.1. The number of rotatable bonds is 4. The molecule has 8 heteroatoms. The summed E-state index contributed by atoms with van der Waals surface area (Å²) in [4.78, 5) is 16.3. The number of guanidine groups is 1. The Morgan fingerprint density at radius 3 is 2.67 bits per heavy atom. The summed E-state index contributed by atoms with van der Waals surface area (Å²) < 4.78 is 0. The van der Waals surface area contributed by atoms with Crippen molar-refractivity contribution in [3.8, 4) is 0 Å². The van der Waals surface area contributed by atoms with Crippen LogP contribution < -0.4 is 10.6 Å². The molecule has 0 aromatic carbocycles. The standard InChI is InChI=1S/C16H26N6S.HI/c17-15(19-11-13-3-5-22(12-13)14-1-2-14)20-6-8-21(9-7-20)16-18-4-10-23-16;/h4,10,13-14H,1-3,5-9,11-12H2,(H2,17,19);1H. The third-order valence-electron chi connectivity index (χ3n) is 5.19. The molecule has 3 aliphatic rings. The molecule has 1 aromatic heterocycles. The fraction of sp³-hybridized carbons (Fsp3) is 0.750. The first-order valence-corrected chi connectivity index (χ1v) is 9.61. The quantitative estimate of drug-likeness (QED) is 0.419. The Balaban J connectivity index is 0.00000169. The van der Waals surface area contributed by atoms with Crippen molar-refractivity contribution in [1.82, 2.24) is 14.8 Å². The van der Waals surface area contributed by atoms with Crippen LogP contribution in [-0.2, 0) is 0 Å². The monoisotopic (exact) mass is 462 g/mol. The van der Waals surface area contributed by atoms with Crippen LogP contribution in [0.25, 0.3) is 0 Å². The van der Waals surface area contributed by atoms with Crippen molar-refractivity contribution in [3.63, 3.8) is 0 Å². The number of piperazine rings is 1. The van der Waals surface area contributed by atoms with Gasteiger partial charge >= 0.3 is 0 Å². The molecule has 1 aliphatic carbocycles. The Morgan fingerprint density at radius 1 is 1.21 bits per heavy atom. The average molecular weight is 462 g/mol. The van der Waals surface area contributed by atoms with E-state index in [1.165, 1.54) is 32.4 Å². The fourth-order valence-corrected chi connectivity index (χ4v) is 4.30. The molecule has 6 nitrogen and oxygen atoms in total. The molecule has 3 heterocycles. The minimum absolute atomic E-state index is 0. The van der Waals surface area contributed by atoms with Gasteiger partial charge in [0.2, 0.25) is 0 Å². The van der Waals surface area contributed by atoms with Gasteiger partial charge in [0.05, 0.1) is 0 Å². The molecule has 1 unspecified atom stereocenters. The number of hydrogen-bond acceptors (Lipinski definition) is 5. The van der Waals surface area contributed by atoms with Gasteiger partial charge < -0.3 is 20.4 Å². The molecule has 0 spiro atoms. The Labute approximate surface area is 165 Å². The van der Waals surface area contributed by atoms with Crippen LogP contribution in [-0.4, -0.2) is 72.6 Å². The van der Waals surface area contributed by atoms with Crippen LogP contribution in [0.4, 0.5) is 5.13 Å². The van der Waals surface area contributed by atoms with E-state index in [0.717, 1.165) is 49.9 Å². The smallest absolute Gasteiger partial charge is 0.191 e. The predicted octanol–water partition coefficient (Wildman–Crippen LogP) is 1.68. The molecular formula is C16H27IN6S. The first-order chi connectivity index (χ1) is 11.3. The molecule has 2 saturated heterocycles. The molecule has 1 aromatic rings. The van der Waals surface area contributed by atoms with Gasteiger partial charge in [-0.15, -0.1) is 35.3 Å². The Morgan fingerprint density at radius 2 is 2.00 bits per heavy atom. The number of halogens is 1. The summed E-state index contributed by atoms with van der Waals surface area (Å²) in [6, 6.07) is 0.889.